The standard InChI is InChI=1S/C19H28F9NO7S/c1-6-15(5,13(31)36-11(2)9-16(32,17(20,21)22)18(23,24)25)10-14(3,4)12(30)35-8-7-29-37(33,34)19(26,27)28/h11,29,32H,6-10H2,1-5H3. The molecule has 0 heterocycles. The number of rotatable bonds is 12. The van der Waals surface area contributed by atoms with Crippen molar-refractivity contribution < 1.29 is 72.1 Å². The molecular weight excluding hydrogens is 557 g/mol. The second-order valence-electron chi connectivity index (χ2n) is 9.23. The smallest absolute Gasteiger partial charge is 0.464 e. The van der Waals surface area contributed by atoms with Crippen LogP contribution in [0.1, 0.15) is 53.9 Å². The second kappa shape index (κ2) is 11.5. The van der Waals surface area contributed by atoms with Crippen molar-refractivity contribution in [1.29, 1.82) is 0 Å². The fraction of sp³-hybridized carbons (Fsp3) is 0.895. The highest BCUT2D eigenvalue weighted by atomic mass is 32.2. The number of halogens is 9. The number of hydrogen-bond acceptors (Lipinski definition) is 7. The molecule has 0 spiro atoms. The van der Waals surface area contributed by atoms with Crippen molar-refractivity contribution in [2.24, 2.45) is 10.8 Å². The van der Waals surface area contributed by atoms with Gasteiger partial charge in [0.15, 0.2) is 0 Å². The number of ether oxygens (including phenoxy) is 2. The van der Waals surface area contributed by atoms with Crippen LogP contribution in [0.5, 0.6) is 0 Å². The van der Waals surface area contributed by atoms with E-state index in [2.05, 4.69) is 0 Å². The summed E-state index contributed by atoms with van der Waals surface area (Å²) in [5.74, 6) is -2.38. The monoisotopic (exact) mass is 585 g/mol. The Morgan fingerprint density at radius 2 is 1.38 bits per heavy atom. The van der Waals surface area contributed by atoms with Gasteiger partial charge in [-0.25, -0.2) is 13.1 Å². The Balaban J connectivity index is 5.35. The van der Waals surface area contributed by atoms with Gasteiger partial charge in [0.05, 0.1) is 10.8 Å². The third kappa shape index (κ3) is 8.87. The number of aliphatic hydroxyl groups is 1. The van der Waals surface area contributed by atoms with E-state index in [0.717, 1.165) is 4.72 Å². The van der Waals surface area contributed by atoms with Gasteiger partial charge in [-0.2, -0.15) is 39.5 Å². The molecule has 0 aliphatic rings. The number of hydrogen-bond donors (Lipinski definition) is 2. The van der Waals surface area contributed by atoms with Gasteiger partial charge in [-0.1, -0.05) is 6.92 Å². The minimum absolute atomic E-state index is 0.122. The Hall–Kier alpha value is -1.82. The van der Waals surface area contributed by atoms with Crippen molar-refractivity contribution in [2.75, 3.05) is 13.2 Å². The van der Waals surface area contributed by atoms with Gasteiger partial charge < -0.3 is 14.6 Å². The molecule has 0 aliphatic carbocycles. The topological polar surface area (TPSA) is 119 Å². The summed E-state index contributed by atoms with van der Waals surface area (Å²) < 4.78 is 147. The molecular formula is C19H28F9NO7S. The first-order chi connectivity index (χ1) is 16.2. The van der Waals surface area contributed by atoms with Crippen LogP contribution in [0.15, 0.2) is 0 Å². The lowest BCUT2D eigenvalue weighted by atomic mass is 9.72. The van der Waals surface area contributed by atoms with Crippen LogP contribution in [0.3, 0.4) is 0 Å². The van der Waals surface area contributed by atoms with E-state index in [-0.39, 0.29) is 6.42 Å². The van der Waals surface area contributed by atoms with Gasteiger partial charge in [-0.05, 0) is 40.5 Å². The molecule has 2 unspecified atom stereocenters. The highest BCUT2D eigenvalue weighted by Crippen LogP contribution is 2.46. The summed E-state index contributed by atoms with van der Waals surface area (Å²) in [5.41, 5.74) is -14.0. The highest BCUT2D eigenvalue weighted by molar-refractivity contribution is 7.90. The van der Waals surface area contributed by atoms with Crippen molar-refractivity contribution in [2.45, 2.75) is 83.4 Å². The van der Waals surface area contributed by atoms with Crippen LogP contribution < -0.4 is 4.72 Å². The molecule has 0 rings (SSSR count). The normalized spacial score (nSPS) is 16.6. The van der Waals surface area contributed by atoms with Crippen LogP contribution >= 0.6 is 0 Å². The van der Waals surface area contributed by atoms with Gasteiger partial charge in [0.2, 0.25) is 0 Å². The zero-order valence-electron chi connectivity index (χ0n) is 20.3. The van der Waals surface area contributed by atoms with Crippen LogP contribution in [0, 0.1) is 10.8 Å². The molecule has 2 N–H and O–H groups in total. The van der Waals surface area contributed by atoms with E-state index in [4.69, 9.17) is 9.47 Å². The molecule has 18 heteroatoms. The van der Waals surface area contributed by atoms with Gasteiger partial charge in [0.25, 0.3) is 5.60 Å². The molecule has 0 aliphatic heterocycles. The molecule has 0 amide bonds. The number of esters is 2. The first-order valence-corrected chi connectivity index (χ1v) is 12.0. The Morgan fingerprint density at radius 3 is 1.76 bits per heavy atom. The van der Waals surface area contributed by atoms with E-state index in [1.165, 1.54) is 27.7 Å². The maximum atomic E-state index is 12.9. The van der Waals surface area contributed by atoms with E-state index in [1.54, 1.807) is 0 Å². The zero-order valence-corrected chi connectivity index (χ0v) is 21.1. The minimum Gasteiger partial charge on any atom is -0.464 e. The molecule has 0 fully saturated rings. The van der Waals surface area contributed by atoms with Crippen LogP contribution in [-0.4, -0.2) is 68.2 Å². The third-order valence-electron chi connectivity index (χ3n) is 5.42. The molecule has 0 aromatic rings. The van der Waals surface area contributed by atoms with Crippen molar-refractivity contribution in [3.63, 3.8) is 0 Å². The van der Waals surface area contributed by atoms with Gasteiger partial charge >= 0.3 is 39.8 Å². The van der Waals surface area contributed by atoms with Gasteiger partial charge in [0.1, 0.15) is 12.7 Å². The number of sulfonamides is 1. The number of carbonyl (C=O) groups is 2. The molecule has 0 saturated heterocycles. The Bertz CT molecular complexity index is 900. The lowest BCUT2D eigenvalue weighted by molar-refractivity contribution is -0.373. The Morgan fingerprint density at radius 1 is 0.919 bits per heavy atom. The zero-order chi connectivity index (χ0) is 29.9. The molecule has 0 bridgehead atoms. The quantitative estimate of drug-likeness (QED) is 0.202. The summed E-state index contributed by atoms with van der Waals surface area (Å²) in [6, 6.07) is 0. The predicted molar refractivity (Wildman–Crippen MR) is 108 cm³/mol. The van der Waals surface area contributed by atoms with Crippen molar-refractivity contribution in [3.05, 3.63) is 0 Å². The molecule has 37 heavy (non-hydrogen) atoms. The molecule has 8 nitrogen and oxygen atoms in total. The Kier molecular flexibility index (Phi) is 10.9. The van der Waals surface area contributed by atoms with Crippen LogP contribution in [0.25, 0.3) is 0 Å². The van der Waals surface area contributed by atoms with E-state index >= 15 is 0 Å². The summed E-state index contributed by atoms with van der Waals surface area (Å²) in [7, 11) is -5.68. The SMILES string of the molecule is CCC(C)(CC(C)(C)C(=O)OCCNS(=O)(=O)C(F)(F)F)C(=O)OC(C)CC(O)(C(F)(F)F)C(F)(F)F. The molecule has 0 saturated carbocycles. The molecule has 0 radical (unpaired) electrons. The summed E-state index contributed by atoms with van der Waals surface area (Å²) in [6.45, 7) is 4.01. The average Bonchev–Trinajstić information content (AvgIpc) is 2.67. The Labute approximate surface area is 206 Å². The molecule has 0 aromatic carbocycles. The highest BCUT2D eigenvalue weighted by Gasteiger charge is 2.70. The van der Waals surface area contributed by atoms with Gasteiger partial charge in [-0.3, -0.25) is 9.59 Å². The molecule has 0 aromatic heterocycles. The lowest BCUT2D eigenvalue weighted by Gasteiger charge is -2.36. The average molecular weight is 585 g/mol. The molecule has 220 valence electrons. The van der Waals surface area contributed by atoms with Crippen LogP contribution in [-0.2, 0) is 29.1 Å². The van der Waals surface area contributed by atoms with Gasteiger partial charge in [-0.15, -0.1) is 0 Å². The van der Waals surface area contributed by atoms with Gasteiger partial charge in [0, 0.05) is 13.0 Å². The number of nitrogens with one attached hydrogen (secondary N) is 1. The third-order valence-corrected chi connectivity index (χ3v) is 6.61. The first-order valence-electron chi connectivity index (χ1n) is 10.5. The first kappa shape index (κ1) is 35.2. The fourth-order valence-electron chi connectivity index (χ4n) is 3.16. The maximum Gasteiger partial charge on any atom is 0.511 e. The second-order valence-corrected chi connectivity index (χ2v) is 11.0. The predicted octanol–water partition coefficient (Wildman–Crippen LogP) is 3.98. The van der Waals surface area contributed by atoms with Crippen molar-refractivity contribution >= 4 is 22.0 Å². The van der Waals surface area contributed by atoms with E-state index in [9.17, 15) is 62.6 Å². The van der Waals surface area contributed by atoms with E-state index < -0.39 is 88.4 Å². The lowest BCUT2D eigenvalue weighted by Crippen LogP contribution is -2.58. The number of alkyl halides is 9. The number of carbonyl (C=O) groups excluding carboxylic acids is 2. The van der Waals surface area contributed by atoms with E-state index in [1.807, 2.05) is 0 Å². The van der Waals surface area contributed by atoms with Crippen LogP contribution in [0.2, 0.25) is 0 Å². The van der Waals surface area contributed by atoms with Crippen molar-refractivity contribution in [3.8, 4) is 0 Å². The fourth-order valence-corrected chi connectivity index (χ4v) is 3.68. The summed E-state index contributed by atoms with van der Waals surface area (Å²) in [4.78, 5) is 25.0. The minimum atomic E-state index is -6.12. The van der Waals surface area contributed by atoms with Crippen LogP contribution in [0.4, 0.5) is 39.5 Å². The largest absolute Gasteiger partial charge is 0.511 e. The molecule has 2 atom stereocenters. The van der Waals surface area contributed by atoms with Crippen molar-refractivity contribution in [1.82, 2.24) is 4.72 Å². The van der Waals surface area contributed by atoms with E-state index in [0.29, 0.717) is 6.92 Å². The summed E-state index contributed by atoms with van der Waals surface area (Å²) in [6.07, 6.45) is -16.9. The maximum absolute atomic E-state index is 12.9. The summed E-state index contributed by atoms with van der Waals surface area (Å²) in [5, 5.41) is 9.28. The summed E-state index contributed by atoms with van der Waals surface area (Å²) >= 11 is 0.